The highest BCUT2D eigenvalue weighted by molar-refractivity contribution is 5.55. The Labute approximate surface area is 174 Å². The predicted octanol–water partition coefficient (Wildman–Crippen LogP) is 3.57. The minimum atomic E-state index is 0.434. The molecule has 4 heterocycles. The molecule has 158 valence electrons. The SMILES string of the molecule is Cc1cc(NC2CCN(C3CC4(CCNCC4)C3)CC2)n2ncc(C(C)C)c2n1. The van der Waals surface area contributed by atoms with E-state index >= 15 is 0 Å². The van der Waals surface area contributed by atoms with Crippen LogP contribution in [0, 0.1) is 12.3 Å². The molecule has 0 unspecified atom stereocenters. The van der Waals surface area contributed by atoms with Crippen molar-refractivity contribution in [3.63, 3.8) is 0 Å². The van der Waals surface area contributed by atoms with Crippen LogP contribution in [0.2, 0.25) is 0 Å². The first-order valence-electron chi connectivity index (χ1n) is 11.6. The van der Waals surface area contributed by atoms with Gasteiger partial charge < -0.3 is 15.5 Å². The van der Waals surface area contributed by atoms with Crippen LogP contribution in [0.25, 0.3) is 5.65 Å². The summed E-state index contributed by atoms with van der Waals surface area (Å²) >= 11 is 0. The molecule has 0 bridgehead atoms. The third-order valence-electron chi connectivity index (χ3n) is 7.65. The Balaban J connectivity index is 1.20. The van der Waals surface area contributed by atoms with Gasteiger partial charge in [-0.15, -0.1) is 0 Å². The summed E-state index contributed by atoms with van der Waals surface area (Å²) in [4.78, 5) is 7.52. The molecule has 2 saturated heterocycles. The molecular formula is C23H36N6. The summed E-state index contributed by atoms with van der Waals surface area (Å²) < 4.78 is 2.00. The lowest BCUT2D eigenvalue weighted by Gasteiger charge is -2.55. The number of fused-ring (bicyclic) bond motifs is 1. The van der Waals surface area contributed by atoms with Crippen molar-refractivity contribution in [2.75, 3.05) is 31.5 Å². The van der Waals surface area contributed by atoms with Gasteiger partial charge in [-0.3, -0.25) is 0 Å². The van der Waals surface area contributed by atoms with Gasteiger partial charge in [0.25, 0.3) is 0 Å². The van der Waals surface area contributed by atoms with Crippen LogP contribution in [0.1, 0.15) is 69.5 Å². The van der Waals surface area contributed by atoms with Crippen molar-refractivity contribution in [2.45, 2.75) is 77.3 Å². The largest absolute Gasteiger partial charge is 0.367 e. The van der Waals surface area contributed by atoms with Gasteiger partial charge >= 0.3 is 0 Å². The maximum atomic E-state index is 4.75. The summed E-state index contributed by atoms with van der Waals surface area (Å²) in [5, 5.41) is 12.0. The Morgan fingerprint density at radius 2 is 1.90 bits per heavy atom. The summed E-state index contributed by atoms with van der Waals surface area (Å²) in [6, 6.07) is 3.50. The lowest BCUT2D eigenvalue weighted by molar-refractivity contribution is -0.0283. The van der Waals surface area contributed by atoms with Gasteiger partial charge in [0.2, 0.25) is 0 Å². The van der Waals surface area contributed by atoms with E-state index in [2.05, 4.69) is 47.5 Å². The van der Waals surface area contributed by atoms with Gasteiger partial charge in [0.1, 0.15) is 5.82 Å². The number of hydrogen-bond donors (Lipinski definition) is 2. The van der Waals surface area contributed by atoms with E-state index in [1.807, 2.05) is 10.7 Å². The highest BCUT2D eigenvalue weighted by Gasteiger charge is 2.46. The van der Waals surface area contributed by atoms with E-state index in [9.17, 15) is 0 Å². The molecule has 3 aliphatic rings. The molecule has 0 radical (unpaired) electrons. The monoisotopic (exact) mass is 396 g/mol. The number of aryl methyl sites for hydroxylation is 1. The maximum Gasteiger partial charge on any atom is 0.160 e. The Morgan fingerprint density at radius 3 is 2.59 bits per heavy atom. The zero-order valence-corrected chi connectivity index (χ0v) is 18.2. The average molecular weight is 397 g/mol. The van der Waals surface area contributed by atoms with E-state index in [0.29, 0.717) is 17.4 Å². The van der Waals surface area contributed by atoms with Crippen molar-refractivity contribution in [1.82, 2.24) is 24.8 Å². The molecule has 5 rings (SSSR count). The second-order valence-electron chi connectivity index (χ2n) is 10.0. The van der Waals surface area contributed by atoms with Crippen LogP contribution in [0.3, 0.4) is 0 Å². The fourth-order valence-electron chi connectivity index (χ4n) is 5.79. The van der Waals surface area contributed by atoms with Crippen molar-refractivity contribution < 1.29 is 0 Å². The summed E-state index contributed by atoms with van der Waals surface area (Å²) in [7, 11) is 0. The lowest BCUT2D eigenvalue weighted by Crippen LogP contribution is -2.56. The van der Waals surface area contributed by atoms with Crippen molar-refractivity contribution >= 4 is 11.5 Å². The van der Waals surface area contributed by atoms with Gasteiger partial charge in [-0.05, 0) is 69.9 Å². The Hall–Kier alpha value is -1.66. The zero-order valence-electron chi connectivity index (χ0n) is 18.2. The first kappa shape index (κ1) is 19.3. The van der Waals surface area contributed by atoms with Gasteiger partial charge in [-0.1, -0.05) is 13.8 Å². The van der Waals surface area contributed by atoms with Crippen LogP contribution in [-0.4, -0.2) is 57.8 Å². The molecule has 6 heteroatoms. The maximum absolute atomic E-state index is 4.75. The van der Waals surface area contributed by atoms with Crippen LogP contribution < -0.4 is 10.6 Å². The van der Waals surface area contributed by atoms with E-state index in [-0.39, 0.29) is 0 Å². The highest BCUT2D eigenvalue weighted by atomic mass is 15.3. The number of hydrogen-bond acceptors (Lipinski definition) is 5. The van der Waals surface area contributed by atoms with Gasteiger partial charge in [0.05, 0.1) is 6.20 Å². The summed E-state index contributed by atoms with van der Waals surface area (Å²) in [5.74, 6) is 1.53. The van der Waals surface area contributed by atoms with E-state index in [0.717, 1.165) is 23.2 Å². The molecule has 0 aromatic carbocycles. The Kier molecular flexibility index (Phi) is 5.03. The first-order valence-corrected chi connectivity index (χ1v) is 11.6. The van der Waals surface area contributed by atoms with Crippen LogP contribution in [0.15, 0.2) is 12.3 Å². The molecule has 1 aliphatic carbocycles. The number of likely N-dealkylation sites (tertiary alicyclic amines) is 1. The van der Waals surface area contributed by atoms with Gasteiger partial charge in [0.15, 0.2) is 5.65 Å². The van der Waals surface area contributed by atoms with Crippen molar-refractivity contribution in [2.24, 2.45) is 5.41 Å². The van der Waals surface area contributed by atoms with Crippen molar-refractivity contribution in [3.8, 4) is 0 Å². The summed E-state index contributed by atoms with van der Waals surface area (Å²) in [6.45, 7) is 11.4. The van der Waals surface area contributed by atoms with Crippen LogP contribution in [-0.2, 0) is 0 Å². The summed E-state index contributed by atoms with van der Waals surface area (Å²) in [6.07, 6.45) is 10.1. The molecule has 6 nitrogen and oxygen atoms in total. The van der Waals surface area contributed by atoms with Gasteiger partial charge in [-0.2, -0.15) is 9.61 Å². The molecule has 0 amide bonds. The molecule has 1 spiro atoms. The lowest BCUT2D eigenvalue weighted by atomic mass is 9.60. The smallest absolute Gasteiger partial charge is 0.160 e. The number of nitrogens with one attached hydrogen (secondary N) is 2. The van der Waals surface area contributed by atoms with E-state index in [1.165, 1.54) is 70.3 Å². The summed E-state index contributed by atoms with van der Waals surface area (Å²) in [5.41, 5.74) is 3.96. The number of anilines is 1. The number of nitrogens with zero attached hydrogens (tertiary/aromatic N) is 4. The second kappa shape index (κ2) is 7.55. The molecule has 2 aromatic heterocycles. The Morgan fingerprint density at radius 1 is 1.17 bits per heavy atom. The molecule has 2 aromatic rings. The third-order valence-corrected chi connectivity index (χ3v) is 7.65. The number of piperidine rings is 2. The molecule has 1 saturated carbocycles. The van der Waals surface area contributed by atoms with Crippen molar-refractivity contribution in [3.05, 3.63) is 23.5 Å². The zero-order chi connectivity index (χ0) is 20.0. The topological polar surface area (TPSA) is 57.5 Å². The second-order valence-corrected chi connectivity index (χ2v) is 10.0. The fourth-order valence-corrected chi connectivity index (χ4v) is 5.79. The third kappa shape index (κ3) is 3.66. The average Bonchev–Trinajstić information content (AvgIpc) is 3.11. The van der Waals surface area contributed by atoms with Gasteiger partial charge in [0, 0.05) is 42.5 Å². The minimum Gasteiger partial charge on any atom is -0.367 e. The molecular weight excluding hydrogens is 360 g/mol. The van der Waals surface area contributed by atoms with E-state index < -0.39 is 0 Å². The number of aromatic nitrogens is 3. The molecule has 29 heavy (non-hydrogen) atoms. The highest BCUT2D eigenvalue weighted by Crippen LogP contribution is 2.50. The van der Waals surface area contributed by atoms with E-state index in [1.54, 1.807) is 0 Å². The standard InChI is InChI=1S/C23H36N6/c1-16(2)20-15-25-29-21(12-17(3)26-22(20)29)27-18-4-10-28(11-5-18)19-13-23(14-19)6-8-24-9-7-23/h12,15-16,18-19,24,27H,4-11,13-14H2,1-3H3. The minimum absolute atomic E-state index is 0.434. The van der Waals surface area contributed by atoms with Crippen molar-refractivity contribution in [1.29, 1.82) is 0 Å². The molecule has 0 atom stereocenters. The van der Waals surface area contributed by atoms with Crippen LogP contribution in [0.4, 0.5) is 5.82 Å². The van der Waals surface area contributed by atoms with Gasteiger partial charge in [-0.25, -0.2) is 4.98 Å². The van der Waals surface area contributed by atoms with Crippen LogP contribution >= 0.6 is 0 Å². The molecule has 3 fully saturated rings. The predicted molar refractivity (Wildman–Crippen MR) is 118 cm³/mol. The van der Waals surface area contributed by atoms with Crippen LogP contribution in [0.5, 0.6) is 0 Å². The molecule has 2 N–H and O–H groups in total. The molecule has 2 aliphatic heterocycles. The normalized spacial score (nSPS) is 23.7. The van der Waals surface area contributed by atoms with E-state index in [4.69, 9.17) is 4.98 Å². The number of rotatable bonds is 4. The fraction of sp³-hybridized carbons (Fsp3) is 0.739. The Bertz CT molecular complexity index is 850. The first-order chi connectivity index (χ1) is 14.0. The quantitative estimate of drug-likeness (QED) is 0.827.